The zero-order valence-corrected chi connectivity index (χ0v) is 45.3. The number of allylic oxidation sites excluding steroid dienone is 1. The third kappa shape index (κ3) is 14.9. The number of nitrogens with one attached hydrogen (secondary N) is 8. The van der Waals surface area contributed by atoms with Crippen molar-refractivity contribution in [2.45, 2.75) is 146 Å². The lowest BCUT2D eigenvalue weighted by atomic mass is 9.91. The zero-order chi connectivity index (χ0) is 57.4. The number of hydrogen-bond acceptors (Lipinski definition) is 14. The summed E-state index contributed by atoms with van der Waals surface area (Å²) in [7, 11) is 0. The van der Waals surface area contributed by atoms with E-state index in [-0.39, 0.29) is 61.8 Å². The Bertz CT molecular complexity index is 2710. The molecule has 7 rings (SSSR count). The maximum Gasteiger partial charge on any atom is 0.329 e. The van der Waals surface area contributed by atoms with Crippen molar-refractivity contribution in [1.29, 1.82) is 0 Å². The van der Waals surface area contributed by atoms with Crippen molar-refractivity contribution >= 4 is 58.9 Å². The first-order valence-electron chi connectivity index (χ1n) is 26.7. The summed E-state index contributed by atoms with van der Waals surface area (Å²) in [6.07, 6.45) is 2.07. The average molecular weight is 1120 g/mol. The van der Waals surface area contributed by atoms with Crippen LogP contribution in [0.3, 0.4) is 0 Å². The van der Waals surface area contributed by atoms with Gasteiger partial charge in [-0.3, -0.25) is 33.6 Å². The van der Waals surface area contributed by atoms with E-state index in [1.54, 1.807) is 87.5 Å². The molecule has 2 unspecified atom stereocenters. The van der Waals surface area contributed by atoms with E-state index in [9.17, 15) is 54.8 Å². The molecule has 1 aromatic heterocycles. The summed E-state index contributed by atoms with van der Waals surface area (Å²) in [5.41, 5.74) is 0.774. The molecule has 79 heavy (non-hydrogen) atoms. The molecule has 7 amide bonds. The Labute approximate surface area is 461 Å². The largest absolute Gasteiger partial charge is 0.600 e. The second kappa shape index (κ2) is 26.4. The van der Waals surface area contributed by atoms with Crippen LogP contribution in [0, 0.1) is 34.1 Å². The number of quaternary nitrogens is 2. The molecule has 2 saturated heterocycles. The molecule has 0 radical (unpaired) electrons. The maximum absolute atomic E-state index is 15.1. The number of fused-ring (bicyclic) bond motifs is 1. The fraction of sp³-hybridized carbons (Fsp3) is 0.519. The van der Waals surface area contributed by atoms with E-state index in [4.69, 9.17) is 16.3 Å². The molecular formula is C54H71ClN10O14. The van der Waals surface area contributed by atoms with Crippen LogP contribution in [0.5, 0.6) is 0 Å². The van der Waals surface area contributed by atoms with Crippen molar-refractivity contribution in [2.24, 2.45) is 23.7 Å². The third-order valence-corrected chi connectivity index (χ3v) is 15.9. The van der Waals surface area contributed by atoms with Gasteiger partial charge in [0, 0.05) is 43.6 Å². The molecule has 24 nitrogen and oxygen atoms in total. The van der Waals surface area contributed by atoms with E-state index in [0.717, 1.165) is 0 Å². The number of hydroxylamine groups is 4. The van der Waals surface area contributed by atoms with Crippen molar-refractivity contribution < 1.29 is 69.2 Å². The van der Waals surface area contributed by atoms with Crippen molar-refractivity contribution in [3.8, 4) is 0 Å². The second-order valence-electron chi connectivity index (χ2n) is 21.3. The predicted octanol–water partition coefficient (Wildman–Crippen LogP) is -0.167. The van der Waals surface area contributed by atoms with E-state index in [2.05, 4.69) is 31.9 Å². The van der Waals surface area contributed by atoms with Crippen LogP contribution in [0.4, 0.5) is 0 Å². The number of esters is 1. The fourth-order valence-electron chi connectivity index (χ4n) is 10.5. The highest BCUT2D eigenvalue weighted by Gasteiger charge is 2.50. The van der Waals surface area contributed by atoms with Gasteiger partial charge in [0.1, 0.15) is 71.3 Å². The molecule has 2 saturated carbocycles. The maximum atomic E-state index is 15.1. The average Bonchev–Trinajstić information content (AvgIpc) is 4.39. The van der Waals surface area contributed by atoms with E-state index in [0.29, 0.717) is 22.3 Å². The van der Waals surface area contributed by atoms with Gasteiger partial charge >= 0.3 is 5.97 Å². The normalized spacial score (nSPS) is 29.9. The van der Waals surface area contributed by atoms with Gasteiger partial charge in [0.25, 0.3) is 5.91 Å². The van der Waals surface area contributed by atoms with E-state index >= 15 is 9.59 Å². The van der Waals surface area contributed by atoms with E-state index in [1.165, 1.54) is 24.0 Å². The molecule has 2 aliphatic heterocycles. The van der Waals surface area contributed by atoms with Gasteiger partial charge in [0.15, 0.2) is 0 Å². The van der Waals surface area contributed by atoms with Gasteiger partial charge in [0.2, 0.25) is 35.4 Å². The lowest BCUT2D eigenvalue weighted by Crippen LogP contribution is -3.06. The summed E-state index contributed by atoms with van der Waals surface area (Å²) in [5.74, 6) is -10.2. The minimum Gasteiger partial charge on any atom is -0.600 e. The number of halogens is 1. The summed E-state index contributed by atoms with van der Waals surface area (Å²) < 4.78 is 6.44. The Kier molecular flexibility index (Phi) is 19.9. The summed E-state index contributed by atoms with van der Waals surface area (Å²) in [5, 5.41) is 67.9. The Morgan fingerprint density at radius 2 is 1.43 bits per heavy atom. The highest BCUT2D eigenvalue weighted by atomic mass is 35.5. The minimum absolute atomic E-state index is 0.0127. The van der Waals surface area contributed by atoms with Crippen LogP contribution in [-0.4, -0.2) is 140 Å². The van der Waals surface area contributed by atoms with Crippen molar-refractivity contribution in [3.63, 3.8) is 0 Å². The standard InChI is InChI=1S/C54H71ClN10O14/c1-6-14-32-22-42-54(73)79-30(5)46(61-49(68)38(24-35-26-41(35)65(77)78)57-50(69)39-19-20-43(55)63(39)74)52(71)58-36(21-31-15-10-8-11-16-31)47(66)56-37(23-34-25-40(34)64(75)76)48(67)60-45(29(4)33-17-12-9-13-18-33)51(70)59-44(28(3)7-2)53(72)62(42)27-32/h6,8-20,28-30,32,34-38,40-42,44-46,64-65,74-75,77H,7,21-27H2,1-5H3,(H,56,66)(H,57,69)(H,58,71)(H,59,70)(H,60,67)(H,61,68)/b14-6+/t28-,29+,30+,32-,34+,35-,36-,37+,38-,40+,41-,42+,44-,45-,46+/m0/s1. The van der Waals surface area contributed by atoms with Crippen LogP contribution in [-0.2, 0) is 44.7 Å². The van der Waals surface area contributed by atoms with Crippen LogP contribution < -0.4 is 42.4 Å². The summed E-state index contributed by atoms with van der Waals surface area (Å²) in [6, 6.07) is 7.46. The fourth-order valence-corrected chi connectivity index (χ4v) is 10.7. The molecule has 25 heteroatoms. The molecule has 0 spiro atoms. The van der Waals surface area contributed by atoms with Gasteiger partial charge < -0.3 is 57.2 Å². The van der Waals surface area contributed by atoms with E-state index in [1.807, 2.05) is 13.0 Å². The summed E-state index contributed by atoms with van der Waals surface area (Å²) in [6.45, 7) is 8.35. The molecule has 4 aliphatic rings. The molecular weight excluding hydrogens is 1050 g/mol. The van der Waals surface area contributed by atoms with Gasteiger partial charge in [-0.05, 0) is 68.2 Å². The highest BCUT2D eigenvalue weighted by Crippen LogP contribution is 2.34. The van der Waals surface area contributed by atoms with Crippen LogP contribution in [0.25, 0.3) is 0 Å². The van der Waals surface area contributed by atoms with E-state index < -0.39 is 142 Å². The topological polar surface area (TPSA) is 342 Å². The first-order chi connectivity index (χ1) is 37.6. The van der Waals surface area contributed by atoms with Crippen LogP contribution in [0.15, 0.2) is 84.9 Å². The number of benzene rings is 2. The Morgan fingerprint density at radius 3 is 2.03 bits per heavy atom. The Balaban J connectivity index is 1.31. The van der Waals surface area contributed by atoms with Crippen molar-refractivity contribution in [3.05, 3.63) is 117 Å². The van der Waals surface area contributed by atoms with Crippen LogP contribution >= 0.6 is 11.6 Å². The number of aromatic nitrogens is 1. The molecule has 428 valence electrons. The number of nitrogens with zero attached hydrogens (tertiary/aromatic N) is 2. The molecule has 4 fully saturated rings. The van der Waals surface area contributed by atoms with Gasteiger partial charge in [-0.1, -0.05) is 112 Å². The minimum atomic E-state index is -1.89. The van der Waals surface area contributed by atoms with Crippen molar-refractivity contribution in [2.75, 3.05) is 6.54 Å². The number of cyclic esters (lactones) is 1. The molecule has 3 heterocycles. The SMILES string of the molecule is C/C=C/[C@H]1C[C@@H]2C(=O)O[C@H](C)[C@@H](NC(=O)[C@H](C[C@H]3C[C@@H]3[NH+]([O-])O)NC(=O)c3ccc(Cl)n3O)C(=O)N[C@@H](Cc3ccccc3)C(=O)N[C@H](C[C@@H]3C[C@H]3[NH+]([O-])O)C(=O)N[C@@H]([C@H](C)c3ccccc3)C(=O)N[C@@H]([C@@H](C)CC)C(=O)N2C1. The first-order valence-corrected chi connectivity index (χ1v) is 27.1. The zero-order valence-electron chi connectivity index (χ0n) is 44.5. The number of rotatable bonds is 17. The van der Waals surface area contributed by atoms with Gasteiger partial charge in [-0.2, -0.15) is 4.73 Å². The van der Waals surface area contributed by atoms with Gasteiger partial charge in [-0.25, -0.2) is 25.7 Å². The first kappa shape index (κ1) is 59.7. The Hall–Kier alpha value is -6.93. The number of amides is 7. The van der Waals surface area contributed by atoms with Gasteiger partial charge in [-0.15, -0.1) is 0 Å². The molecule has 11 N–H and O–H groups in total. The Morgan fingerprint density at radius 1 is 0.823 bits per heavy atom. The molecule has 0 bridgehead atoms. The lowest BCUT2D eigenvalue weighted by molar-refractivity contribution is -1.06. The number of hydrogen-bond donors (Lipinski definition) is 11. The number of carbonyl (C=O) groups is 8. The summed E-state index contributed by atoms with van der Waals surface area (Å²) >= 11 is 5.99. The summed E-state index contributed by atoms with van der Waals surface area (Å²) in [4.78, 5) is 119. The molecule has 17 atom stereocenters. The molecule has 3 aromatic rings. The van der Waals surface area contributed by atoms with Gasteiger partial charge in [0.05, 0.1) is 0 Å². The molecule has 2 aliphatic carbocycles. The van der Waals surface area contributed by atoms with Crippen LogP contribution in [0.1, 0.15) is 101 Å². The quantitative estimate of drug-likeness (QED) is 0.0362. The highest BCUT2D eigenvalue weighted by molar-refractivity contribution is 6.30. The van der Waals surface area contributed by atoms with Crippen molar-refractivity contribution in [1.82, 2.24) is 41.5 Å². The third-order valence-electron chi connectivity index (χ3n) is 15.7. The molecule has 2 aromatic carbocycles. The number of ether oxygens (including phenoxy) is 1. The van der Waals surface area contributed by atoms with Crippen LogP contribution in [0.2, 0.25) is 5.15 Å². The monoisotopic (exact) mass is 1120 g/mol. The lowest BCUT2D eigenvalue weighted by Gasteiger charge is -2.34. The number of carbonyl (C=O) groups excluding carboxylic acids is 8. The second-order valence-corrected chi connectivity index (χ2v) is 21.6. The predicted molar refractivity (Wildman–Crippen MR) is 281 cm³/mol. The smallest absolute Gasteiger partial charge is 0.329 e.